The molecule has 0 saturated heterocycles. The number of amides is 3. The lowest BCUT2D eigenvalue weighted by Crippen LogP contribution is -2.46. The molecule has 0 spiro atoms. The van der Waals surface area contributed by atoms with Crippen LogP contribution < -0.4 is 10.4 Å². The maximum Gasteiger partial charge on any atom is 0.260 e. The quantitative estimate of drug-likeness (QED) is 0.476. The third kappa shape index (κ3) is 4.80. The van der Waals surface area contributed by atoms with E-state index in [1.165, 1.54) is 4.90 Å². The average molecular weight is 413 g/mol. The Hall–Kier alpha value is -3.93. The Morgan fingerprint density at radius 2 is 1.52 bits per heavy atom. The van der Waals surface area contributed by atoms with E-state index < -0.39 is 0 Å². The van der Waals surface area contributed by atoms with Gasteiger partial charge in [0.15, 0.2) is 0 Å². The molecular formula is C25H23N3O3. The second-order valence-corrected chi connectivity index (χ2v) is 7.38. The van der Waals surface area contributed by atoms with E-state index in [0.29, 0.717) is 12.1 Å². The van der Waals surface area contributed by atoms with Crippen LogP contribution in [0.1, 0.15) is 27.9 Å². The van der Waals surface area contributed by atoms with Crippen molar-refractivity contribution in [3.8, 4) is 0 Å². The van der Waals surface area contributed by atoms with Crippen LogP contribution in [0.15, 0.2) is 84.9 Å². The number of hydrogen-bond donors (Lipinski definition) is 1. The molecule has 1 heterocycles. The molecular weight excluding hydrogens is 390 g/mol. The van der Waals surface area contributed by atoms with Crippen molar-refractivity contribution in [2.45, 2.75) is 19.4 Å². The number of fused-ring (bicyclic) bond motifs is 1. The van der Waals surface area contributed by atoms with Crippen LogP contribution in [-0.2, 0) is 22.6 Å². The van der Waals surface area contributed by atoms with Crippen molar-refractivity contribution in [2.75, 3.05) is 11.6 Å². The van der Waals surface area contributed by atoms with Gasteiger partial charge in [-0.2, -0.15) is 0 Å². The molecule has 0 saturated carbocycles. The molecule has 3 aromatic rings. The number of imide groups is 1. The van der Waals surface area contributed by atoms with Crippen molar-refractivity contribution in [1.82, 2.24) is 10.3 Å². The lowest BCUT2D eigenvalue weighted by molar-refractivity contribution is -0.129. The predicted octanol–water partition coefficient (Wildman–Crippen LogP) is 3.34. The lowest BCUT2D eigenvalue weighted by atomic mass is 9.98. The lowest BCUT2D eigenvalue weighted by Gasteiger charge is -2.28. The summed E-state index contributed by atoms with van der Waals surface area (Å²) in [6.45, 7) is 0.539. The van der Waals surface area contributed by atoms with Gasteiger partial charge in [0.25, 0.3) is 5.91 Å². The monoisotopic (exact) mass is 413 g/mol. The van der Waals surface area contributed by atoms with Crippen LogP contribution in [0.3, 0.4) is 0 Å². The molecule has 0 bridgehead atoms. The van der Waals surface area contributed by atoms with E-state index in [4.69, 9.17) is 0 Å². The Morgan fingerprint density at radius 3 is 2.26 bits per heavy atom. The van der Waals surface area contributed by atoms with Crippen LogP contribution in [0.2, 0.25) is 0 Å². The zero-order valence-electron chi connectivity index (χ0n) is 17.0. The fourth-order valence-electron chi connectivity index (χ4n) is 3.62. The minimum atomic E-state index is -0.344. The molecule has 3 amide bonds. The first kappa shape index (κ1) is 20.3. The van der Waals surface area contributed by atoms with Crippen LogP contribution in [0.25, 0.3) is 0 Å². The van der Waals surface area contributed by atoms with Crippen molar-refractivity contribution in [3.05, 3.63) is 102 Å². The zero-order chi connectivity index (χ0) is 21.6. The highest BCUT2D eigenvalue weighted by atomic mass is 16.2. The Morgan fingerprint density at radius 1 is 0.871 bits per heavy atom. The standard InChI is InChI=1S/C25H23N3O3/c29-23(15-16-27-24(30)17-20-11-7-8-14-22(20)25(27)31)26-28(21-12-5-2-6-13-21)18-19-9-3-1-4-10-19/h1-14H,15-18H2,(H,26,29). The number of hydrogen-bond acceptors (Lipinski definition) is 4. The normalized spacial score (nSPS) is 13.0. The summed E-state index contributed by atoms with van der Waals surface area (Å²) in [4.78, 5) is 39.0. The molecule has 1 aliphatic rings. The van der Waals surface area contributed by atoms with E-state index in [2.05, 4.69) is 5.43 Å². The number of carbonyl (C=O) groups is 3. The van der Waals surface area contributed by atoms with Gasteiger partial charge >= 0.3 is 0 Å². The first-order valence-corrected chi connectivity index (χ1v) is 10.2. The van der Waals surface area contributed by atoms with Crippen LogP contribution >= 0.6 is 0 Å². The van der Waals surface area contributed by atoms with E-state index >= 15 is 0 Å². The number of benzene rings is 3. The van der Waals surface area contributed by atoms with E-state index in [-0.39, 0.29) is 37.1 Å². The molecule has 0 fully saturated rings. The summed E-state index contributed by atoms with van der Waals surface area (Å²) in [5.74, 6) is -0.885. The molecule has 4 rings (SSSR count). The van der Waals surface area contributed by atoms with Gasteiger partial charge in [-0.25, -0.2) is 0 Å². The van der Waals surface area contributed by atoms with E-state index in [1.54, 1.807) is 23.2 Å². The summed E-state index contributed by atoms with van der Waals surface area (Å²) < 4.78 is 0. The van der Waals surface area contributed by atoms with Crippen molar-refractivity contribution in [1.29, 1.82) is 0 Å². The molecule has 0 radical (unpaired) electrons. The Balaban J connectivity index is 1.42. The fourth-order valence-corrected chi connectivity index (χ4v) is 3.62. The molecule has 0 unspecified atom stereocenters. The van der Waals surface area contributed by atoms with Crippen LogP contribution in [0.4, 0.5) is 5.69 Å². The molecule has 156 valence electrons. The number of rotatable bonds is 7. The summed E-state index contributed by atoms with van der Waals surface area (Å²) in [7, 11) is 0. The Bertz CT molecular complexity index is 1080. The molecule has 1 aliphatic heterocycles. The highest BCUT2D eigenvalue weighted by Gasteiger charge is 2.30. The summed E-state index contributed by atoms with van der Waals surface area (Å²) in [5, 5.41) is 1.77. The molecule has 6 nitrogen and oxygen atoms in total. The van der Waals surface area contributed by atoms with Gasteiger partial charge in [-0.1, -0.05) is 66.7 Å². The largest absolute Gasteiger partial charge is 0.281 e. The third-order valence-corrected chi connectivity index (χ3v) is 5.21. The maximum atomic E-state index is 12.7. The molecule has 0 aromatic heterocycles. The molecule has 0 atom stereocenters. The number of anilines is 1. The Labute approximate surface area is 181 Å². The third-order valence-electron chi connectivity index (χ3n) is 5.21. The molecule has 31 heavy (non-hydrogen) atoms. The topological polar surface area (TPSA) is 69.7 Å². The van der Waals surface area contributed by atoms with Gasteiger partial charge in [-0.15, -0.1) is 0 Å². The molecule has 1 N–H and O–H groups in total. The first-order valence-electron chi connectivity index (χ1n) is 10.2. The van der Waals surface area contributed by atoms with Gasteiger partial charge in [-0.05, 0) is 29.3 Å². The SMILES string of the molecule is O=C(CCN1C(=O)Cc2ccccc2C1=O)NN(Cc1ccccc1)c1ccccc1. The second kappa shape index (κ2) is 9.26. The number of para-hydroxylation sites is 1. The van der Waals surface area contributed by atoms with Gasteiger partial charge in [-0.3, -0.25) is 29.7 Å². The van der Waals surface area contributed by atoms with Crippen LogP contribution in [-0.4, -0.2) is 29.2 Å². The minimum absolute atomic E-state index is 0.0256. The summed E-state index contributed by atoms with van der Waals surface area (Å²) in [6, 6.07) is 26.5. The Kier molecular flexibility index (Phi) is 6.08. The highest BCUT2D eigenvalue weighted by Crippen LogP contribution is 2.20. The van der Waals surface area contributed by atoms with E-state index in [0.717, 1.165) is 16.8 Å². The summed E-state index contributed by atoms with van der Waals surface area (Å²) >= 11 is 0. The van der Waals surface area contributed by atoms with Crippen molar-refractivity contribution >= 4 is 23.4 Å². The summed E-state index contributed by atoms with van der Waals surface area (Å²) in [5.41, 5.74) is 6.07. The molecule has 6 heteroatoms. The summed E-state index contributed by atoms with van der Waals surface area (Å²) in [6.07, 6.45) is 0.200. The van der Waals surface area contributed by atoms with Crippen LogP contribution in [0, 0.1) is 0 Å². The van der Waals surface area contributed by atoms with Gasteiger partial charge in [0.1, 0.15) is 0 Å². The van der Waals surface area contributed by atoms with Crippen molar-refractivity contribution in [3.63, 3.8) is 0 Å². The van der Waals surface area contributed by atoms with E-state index in [1.807, 2.05) is 66.7 Å². The predicted molar refractivity (Wildman–Crippen MR) is 118 cm³/mol. The van der Waals surface area contributed by atoms with Crippen LogP contribution in [0.5, 0.6) is 0 Å². The van der Waals surface area contributed by atoms with Crippen molar-refractivity contribution in [2.24, 2.45) is 0 Å². The molecule has 0 aliphatic carbocycles. The number of hydrazine groups is 1. The second-order valence-electron chi connectivity index (χ2n) is 7.38. The maximum absolute atomic E-state index is 12.7. The smallest absolute Gasteiger partial charge is 0.260 e. The van der Waals surface area contributed by atoms with Gasteiger partial charge in [0.2, 0.25) is 11.8 Å². The van der Waals surface area contributed by atoms with E-state index in [9.17, 15) is 14.4 Å². The van der Waals surface area contributed by atoms with Gasteiger partial charge < -0.3 is 0 Å². The highest BCUT2D eigenvalue weighted by molar-refractivity contribution is 6.09. The van der Waals surface area contributed by atoms with Gasteiger partial charge in [0, 0.05) is 18.5 Å². The number of carbonyl (C=O) groups excluding carboxylic acids is 3. The van der Waals surface area contributed by atoms with Gasteiger partial charge in [0.05, 0.1) is 18.7 Å². The number of nitrogens with zero attached hydrogens (tertiary/aromatic N) is 2. The fraction of sp³-hybridized carbons (Fsp3) is 0.160. The average Bonchev–Trinajstić information content (AvgIpc) is 2.80. The molecule has 3 aromatic carbocycles. The first-order chi connectivity index (χ1) is 15.1. The van der Waals surface area contributed by atoms with Crippen molar-refractivity contribution < 1.29 is 14.4 Å². The number of nitrogens with one attached hydrogen (secondary N) is 1. The minimum Gasteiger partial charge on any atom is -0.281 e. The zero-order valence-corrected chi connectivity index (χ0v) is 17.0.